The molecule has 0 spiro atoms. The third-order valence-electron chi connectivity index (χ3n) is 4.65. The fraction of sp³-hybridized carbons (Fsp3) is 0.409. The summed E-state index contributed by atoms with van der Waals surface area (Å²) in [6, 6.07) is 5.51. The Morgan fingerprint density at radius 2 is 2.07 bits per heavy atom. The zero-order valence-corrected chi connectivity index (χ0v) is 18.6. The summed E-state index contributed by atoms with van der Waals surface area (Å²) < 4.78 is 19.1. The summed E-state index contributed by atoms with van der Waals surface area (Å²) in [6.07, 6.45) is 0.638. The minimum absolute atomic E-state index is 0.116. The van der Waals surface area contributed by atoms with Crippen LogP contribution in [0.5, 0.6) is 0 Å². The van der Waals surface area contributed by atoms with Gasteiger partial charge in [-0.1, -0.05) is 30.8 Å². The van der Waals surface area contributed by atoms with Crippen molar-refractivity contribution in [1.29, 1.82) is 0 Å². The maximum Gasteiger partial charge on any atom is 0.338 e. The number of nitrogens with zero attached hydrogens (tertiary/aromatic N) is 2. The molecule has 30 heavy (non-hydrogen) atoms. The molecule has 6 nitrogen and oxygen atoms in total. The number of methoxy groups -OCH3 is 1. The molecule has 2 aliphatic heterocycles. The van der Waals surface area contributed by atoms with Gasteiger partial charge in [-0.25, -0.2) is 14.2 Å². The Labute approximate surface area is 180 Å². The van der Waals surface area contributed by atoms with Crippen molar-refractivity contribution < 1.29 is 18.7 Å². The van der Waals surface area contributed by atoms with Gasteiger partial charge in [-0.2, -0.15) is 0 Å². The number of benzene rings is 1. The molecule has 160 valence electrons. The van der Waals surface area contributed by atoms with Crippen molar-refractivity contribution in [3.63, 3.8) is 0 Å². The third kappa shape index (κ3) is 4.59. The minimum Gasteiger partial charge on any atom is -0.466 e. The minimum atomic E-state index is -0.626. The fourth-order valence-electron chi connectivity index (χ4n) is 3.53. The number of fused-ring (bicyclic) bond motifs is 1. The zero-order chi connectivity index (χ0) is 22.1. The number of rotatable bonds is 5. The number of halogens is 1. The lowest BCUT2D eigenvalue weighted by Gasteiger charge is -2.36. The number of ether oxygens (including phenoxy) is 1. The summed E-state index contributed by atoms with van der Waals surface area (Å²) >= 11 is 1.39. The highest BCUT2D eigenvalue weighted by Gasteiger charge is 2.41. The topological polar surface area (TPSA) is 71.0 Å². The van der Waals surface area contributed by atoms with E-state index >= 15 is 0 Å². The van der Waals surface area contributed by atoms with Gasteiger partial charge >= 0.3 is 5.97 Å². The number of aliphatic imine (C=N–C) groups is 1. The summed E-state index contributed by atoms with van der Waals surface area (Å²) in [5.41, 5.74) is 1.89. The van der Waals surface area contributed by atoms with Gasteiger partial charge in [0.15, 0.2) is 5.17 Å². The van der Waals surface area contributed by atoms with E-state index in [0.717, 1.165) is 0 Å². The molecule has 2 aliphatic rings. The van der Waals surface area contributed by atoms with Gasteiger partial charge in [-0.15, -0.1) is 0 Å². The molecule has 0 saturated carbocycles. The summed E-state index contributed by atoms with van der Waals surface area (Å²) in [6.45, 7) is 7.65. The van der Waals surface area contributed by atoms with Crippen LogP contribution in [0, 0.1) is 5.82 Å². The van der Waals surface area contributed by atoms with Crippen molar-refractivity contribution in [2.75, 3.05) is 7.11 Å². The number of amidine groups is 1. The Morgan fingerprint density at radius 3 is 2.67 bits per heavy atom. The summed E-state index contributed by atoms with van der Waals surface area (Å²) in [7, 11) is 1.32. The number of hydrogen-bond acceptors (Lipinski definition) is 6. The molecule has 0 aliphatic carbocycles. The molecule has 1 aromatic carbocycles. The van der Waals surface area contributed by atoms with Crippen molar-refractivity contribution >= 4 is 28.8 Å². The summed E-state index contributed by atoms with van der Waals surface area (Å²) in [5.74, 6) is -1.06. The molecule has 8 heteroatoms. The number of allylic oxidation sites excluding steroid dienone is 1. The average molecular weight is 432 g/mol. The largest absolute Gasteiger partial charge is 0.466 e. The highest BCUT2D eigenvalue weighted by atomic mass is 32.2. The van der Waals surface area contributed by atoms with Crippen LogP contribution < -0.4 is 5.32 Å². The van der Waals surface area contributed by atoms with Crippen LogP contribution in [0.1, 0.15) is 52.1 Å². The molecule has 1 amide bonds. The van der Waals surface area contributed by atoms with Crippen LogP contribution in [0.15, 0.2) is 51.6 Å². The Morgan fingerprint density at radius 1 is 1.33 bits per heavy atom. The first-order chi connectivity index (χ1) is 14.1. The van der Waals surface area contributed by atoms with E-state index in [4.69, 9.17) is 4.74 Å². The van der Waals surface area contributed by atoms with Gasteiger partial charge in [-0.05, 0) is 50.3 Å². The van der Waals surface area contributed by atoms with E-state index in [1.807, 2.05) is 38.0 Å². The van der Waals surface area contributed by atoms with Gasteiger partial charge in [0, 0.05) is 11.2 Å². The first-order valence-electron chi connectivity index (χ1n) is 9.76. The van der Waals surface area contributed by atoms with Gasteiger partial charge in [0.25, 0.3) is 0 Å². The SMILES string of the molecule is CCC1=C(C(=O)OC)C(c2cccc(F)c2)N2C(CC(=O)NC(C)(C)C)=CSC2=N1. The van der Waals surface area contributed by atoms with Crippen LogP contribution >= 0.6 is 11.8 Å². The number of amides is 1. The molecule has 1 unspecified atom stereocenters. The molecular formula is C22H26FN3O3S. The predicted molar refractivity (Wildman–Crippen MR) is 116 cm³/mol. The quantitative estimate of drug-likeness (QED) is 0.705. The molecule has 1 aromatic rings. The first kappa shape index (κ1) is 22.1. The summed E-state index contributed by atoms with van der Waals surface area (Å²) in [5, 5.41) is 5.47. The van der Waals surface area contributed by atoms with Crippen LogP contribution in [0.3, 0.4) is 0 Å². The maximum atomic E-state index is 14.1. The number of nitrogens with one attached hydrogen (secondary N) is 1. The molecule has 0 bridgehead atoms. The average Bonchev–Trinajstić information content (AvgIpc) is 3.06. The van der Waals surface area contributed by atoms with Crippen molar-refractivity contribution in [3.05, 3.63) is 58.0 Å². The maximum absolute atomic E-state index is 14.1. The Kier molecular flexibility index (Phi) is 6.36. The monoisotopic (exact) mass is 431 g/mol. The van der Waals surface area contributed by atoms with E-state index in [-0.39, 0.29) is 17.9 Å². The Balaban J connectivity index is 2.06. The highest BCUT2D eigenvalue weighted by molar-refractivity contribution is 8.16. The molecule has 3 rings (SSSR count). The van der Waals surface area contributed by atoms with Crippen LogP contribution in [-0.2, 0) is 14.3 Å². The smallest absolute Gasteiger partial charge is 0.338 e. The van der Waals surface area contributed by atoms with Gasteiger partial charge in [0.2, 0.25) is 5.91 Å². The van der Waals surface area contributed by atoms with Gasteiger partial charge < -0.3 is 15.0 Å². The third-order valence-corrected chi connectivity index (χ3v) is 5.54. The highest BCUT2D eigenvalue weighted by Crippen LogP contribution is 2.45. The van der Waals surface area contributed by atoms with Crippen molar-refractivity contribution in [3.8, 4) is 0 Å². The van der Waals surface area contributed by atoms with Crippen molar-refractivity contribution in [2.24, 2.45) is 4.99 Å². The van der Waals surface area contributed by atoms with Gasteiger partial charge in [0.05, 0.1) is 30.8 Å². The number of hydrogen-bond donors (Lipinski definition) is 1. The number of esters is 1. The van der Waals surface area contributed by atoms with E-state index in [1.165, 1.54) is 31.0 Å². The molecule has 2 heterocycles. The second-order valence-corrected chi connectivity index (χ2v) is 8.97. The van der Waals surface area contributed by atoms with E-state index in [2.05, 4.69) is 10.3 Å². The molecular weight excluding hydrogens is 405 g/mol. The number of carbonyl (C=O) groups excluding carboxylic acids is 2. The molecule has 1 atom stereocenters. The molecule has 0 radical (unpaired) electrons. The number of thioether (sulfide) groups is 1. The zero-order valence-electron chi connectivity index (χ0n) is 17.8. The van der Waals surface area contributed by atoms with Crippen LogP contribution in [0.2, 0.25) is 0 Å². The van der Waals surface area contributed by atoms with Gasteiger partial charge in [-0.3, -0.25) is 4.79 Å². The van der Waals surface area contributed by atoms with Crippen LogP contribution in [-0.4, -0.2) is 34.6 Å². The lowest BCUT2D eigenvalue weighted by Crippen LogP contribution is -2.42. The molecule has 0 aromatic heterocycles. The molecule has 1 N–H and O–H groups in total. The second-order valence-electron chi connectivity index (χ2n) is 8.13. The van der Waals surface area contributed by atoms with E-state index in [0.29, 0.717) is 34.1 Å². The number of carbonyl (C=O) groups is 2. The van der Waals surface area contributed by atoms with Crippen molar-refractivity contribution in [2.45, 2.75) is 52.1 Å². The van der Waals surface area contributed by atoms with Crippen LogP contribution in [0.4, 0.5) is 4.39 Å². The van der Waals surface area contributed by atoms with Crippen molar-refractivity contribution in [1.82, 2.24) is 10.2 Å². The molecule has 0 saturated heterocycles. The van der Waals surface area contributed by atoms with E-state index in [9.17, 15) is 14.0 Å². The lowest BCUT2D eigenvalue weighted by atomic mass is 9.92. The summed E-state index contributed by atoms with van der Waals surface area (Å²) in [4.78, 5) is 31.8. The second kappa shape index (κ2) is 8.63. The lowest BCUT2D eigenvalue weighted by molar-refractivity contribution is -0.136. The van der Waals surface area contributed by atoms with Crippen LogP contribution in [0.25, 0.3) is 0 Å². The van der Waals surface area contributed by atoms with E-state index in [1.54, 1.807) is 12.1 Å². The van der Waals surface area contributed by atoms with Gasteiger partial charge in [0.1, 0.15) is 5.82 Å². The Hall–Kier alpha value is -2.61. The Bertz CT molecular complexity index is 963. The van der Waals surface area contributed by atoms with E-state index < -0.39 is 17.8 Å². The molecule has 0 fully saturated rings. The standard InChI is InChI=1S/C22H26FN3O3S/c1-6-16-18(20(28)29-5)19(13-8-7-9-14(23)10-13)26-15(12-30-21(26)24-16)11-17(27)25-22(2,3)4/h7-10,12,19H,6,11H2,1-5H3,(H,25,27). The fourth-order valence-corrected chi connectivity index (χ4v) is 4.47. The normalized spacial score (nSPS) is 18.6. The first-order valence-corrected chi connectivity index (χ1v) is 10.6. The predicted octanol–water partition coefficient (Wildman–Crippen LogP) is 4.27.